The lowest BCUT2D eigenvalue weighted by molar-refractivity contribution is 0.0316. The summed E-state index contributed by atoms with van der Waals surface area (Å²) in [5.41, 5.74) is 1.83. The molecule has 0 unspecified atom stereocenters. The number of anilines is 1. The summed E-state index contributed by atoms with van der Waals surface area (Å²) in [6.07, 6.45) is 1.60. The van der Waals surface area contributed by atoms with Gasteiger partial charge in [-0.2, -0.15) is 0 Å². The first-order valence-electron chi connectivity index (χ1n) is 6.46. The zero-order valence-electron chi connectivity index (χ0n) is 10.6. The Morgan fingerprint density at radius 1 is 1.33 bits per heavy atom. The first-order chi connectivity index (χ1) is 8.69. The molecule has 4 nitrogen and oxygen atoms in total. The average Bonchev–Trinajstić information content (AvgIpc) is 2.67. The summed E-state index contributed by atoms with van der Waals surface area (Å²) in [4.78, 5) is 13.8. The van der Waals surface area contributed by atoms with Gasteiger partial charge in [0.1, 0.15) is 5.60 Å². The van der Waals surface area contributed by atoms with Crippen LogP contribution in [0.2, 0.25) is 0 Å². The summed E-state index contributed by atoms with van der Waals surface area (Å²) >= 11 is 0. The summed E-state index contributed by atoms with van der Waals surface area (Å²) in [6.45, 7) is 4.56. The van der Waals surface area contributed by atoms with Crippen LogP contribution in [0.4, 0.5) is 10.5 Å². The first kappa shape index (κ1) is 11.5. The van der Waals surface area contributed by atoms with Crippen LogP contribution in [0.15, 0.2) is 24.3 Å². The van der Waals surface area contributed by atoms with Crippen LogP contribution in [0, 0.1) is 6.92 Å². The van der Waals surface area contributed by atoms with Crippen molar-refractivity contribution in [2.45, 2.75) is 25.4 Å². The van der Waals surface area contributed by atoms with Gasteiger partial charge in [0.2, 0.25) is 0 Å². The predicted octanol–water partition coefficient (Wildman–Crippen LogP) is 2.07. The number of ether oxygens (including phenoxy) is 1. The molecule has 0 aliphatic carbocycles. The molecule has 1 amide bonds. The number of nitrogens with zero attached hydrogens (tertiary/aromatic N) is 1. The predicted molar refractivity (Wildman–Crippen MR) is 69.8 cm³/mol. The van der Waals surface area contributed by atoms with Gasteiger partial charge in [0.05, 0.1) is 6.54 Å². The van der Waals surface area contributed by atoms with Gasteiger partial charge >= 0.3 is 6.09 Å². The zero-order chi connectivity index (χ0) is 12.6. The molecule has 18 heavy (non-hydrogen) atoms. The zero-order valence-corrected chi connectivity index (χ0v) is 10.6. The van der Waals surface area contributed by atoms with Gasteiger partial charge < -0.3 is 10.1 Å². The Morgan fingerprint density at radius 2 is 2.11 bits per heavy atom. The molecule has 0 saturated carbocycles. The highest BCUT2D eigenvalue weighted by molar-refractivity contribution is 5.90. The molecule has 2 heterocycles. The van der Waals surface area contributed by atoms with E-state index in [1.54, 1.807) is 4.90 Å². The van der Waals surface area contributed by atoms with Gasteiger partial charge in [-0.05, 0) is 37.7 Å². The van der Waals surface area contributed by atoms with Crippen LogP contribution in [-0.4, -0.2) is 31.3 Å². The van der Waals surface area contributed by atoms with Gasteiger partial charge in [0.15, 0.2) is 0 Å². The van der Waals surface area contributed by atoms with Crippen molar-refractivity contribution in [3.63, 3.8) is 0 Å². The minimum Gasteiger partial charge on any atom is -0.441 e. The molecule has 4 heteroatoms. The van der Waals surface area contributed by atoms with Crippen molar-refractivity contribution in [1.29, 1.82) is 0 Å². The number of amides is 1. The number of benzene rings is 1. The van der Waals surface area contributed by atoms with Crippen LogP contribution in [0.3, 0.4) is 0 Å². The van der Waals surface area contributed by atoms with Crippen LogP contribution in [0.1, 0.15) is 18.4 Å². The summed E-state index contributed by atoms with van der Waals surface area (Å²) < 4.78 is 5.64. The SMILES string of the molecule is Cc1cccc(N2CC3(CCNCC3)OC2=O)c1. The Balaban J connectivity index is 1.84. The van der Waals surface area contributed by atoms with Crippen LogP contribution in [0.25, 0.3) is 0 Å². The van der Waals surface area contributed by atoms with E-state index in [1.165, 1.54) is 0 Å². The fraction of sp³-hybridized carbons (Fsp3) is 0.500. The molecule has 2 aliphatic rings. The third kappa shape index (κ3) is 1.97. The lowest BCUT2D eigenvalue weighted by atomic mass is 9.92. The molecular weight excluding hydrogens is 228 g/mol. The van der Waals surface area contributed by atoms with Gasteiger partial charge in [-0.25, -0.2) is 4.79 Å². The molecule has 1 aromatic carbocycles. The van der Waals surface area contributed by atoms with E-state index in [0.717, 1.165) is 37.2 Å². The van der Waals surface area contributed by atoms with Crippen molar-refractivity contribution in [3.05, 3.63) is 29.8 Å². The summed E-state index contributed by atoms with van der Waals surface area (Å²) in [7, 11) is 0. The van der Waals surface area contributed by atoms with E-state index < -0.39 is 0 Å². The maximum absolute atomic E-state index is 12.0. The number of carbonyl (C=O) groups excluding carboxylic acids is 1. The molecule has 2 aliphatic heterocycles. The second-order valence-electron chi connectivity index (χ2n) is 5.23. The van der Waals surface area contributed by atoms with E-state index >= 15 is 0 Å². The summed E-state index contributed by atoms with van der Waals surface area (Å²) in [5.74, 6) is 0. The number of hydrogen-bond acceptors (Lipinski definition) is 3. The largest absolute Gasteiger partial charge is 0.441 e. The number of hydrogen-bond donors (Lipinski definition) is 1. The van der Waals surface area contributed by atoms with Crippen LogP contribution >= 0.6 is 0 Å². The van der Waals surface area contributed by atoms with Gasteiger partial charge in [-0.1, -0.05) is 12.1 Å². The minimum atomic E-state index is -0.272. The maximum atomic E-state index is 12.0. The van der Waals surface area contributed by atoms with E-state index in [2.05, 4.69) is 5.32 Å². The second kappa shape index (κ2) is 4.28. The van der Waals surface area contributed by atoms with E-state index in [4.69, 9.17) is 4.74 Å². The Labute approximate surface area is 107 Å². The Hall–Kier alpha value is -1.55. The third-order valence-corrected chi connectivity index (χ3v) is 3.80. The number of rotatable bonds is 1. The summed E-state index contributed by atoms with van der Waals surface area (Å²) in [5, 5.41) is 3.30. The quantitative estimate of drug-likeness (QED) is 0.824. The van der Waals surface area contributed by atoms with Gasteiger partial charge in [-0.15, -0.1) is 0 Å². The van der Waals surface area contributed by atoms with Crippen molar-refractivity contribution in [3.8, 4) is 0 Å². The highest BCUT2D eigenvalue weighted by atomic mass is 16.6. The second-order valence-corrected chi connectivity index (χ2v) is 5.23. The minimum absolute atomic E-state index is 0.206. The standard InChI is InChI=1S/C14H18N2O2/c1-11-3-2-4-12(9-11)16-10-14(18-13(16)17)5-7-15-8-6-14/h2-4,9,15H,5-8,10H2,1H3. The molecule has 96 valence electrons. The van der Waals surface area contributed by atoms with E-state index in [1.807, 2.05) is 31.2 Å². The highest BCUT2D eigenvalue weighted by Gasteiger charge is 2.46. The monoisotopic (exact) mass is 246 g/mol. The highest BCUT2D eigenvalue weighted by Crippen LogP contribution is 2.34. The fourth-order valence-corrected chi connectivity index (χ4v) is 2.76. The van der Waals surface area contributed by atoms with Crippen LogP contribution in [-0.2, 0) is 4.74 Å². The first-order valence-corrected chi connectivity index (χ1v) is 6.46. The molecule has 1 aromatic rings. The lowest BCUT2D eigenvalue weighted by Crippen LogP contribution is -2.44. The number of aryl methyl sites for hydroxylation is 1. The van der Waals surface area contributed by atoms with Crippen LogP contribution < -0.4 is 10.2 Å². The number of piperidine rings is 1. The van der Waals surface area contributed by atoms with Crippen molar-refractivity contribution in [2.24, 2.45) is 0 Å². The molecular formula is C14H18N2O2. The smallest absolute Gasteiger partial charge is 0.415 e. The molecule has 0 aromatic heterocycles. The van der Waals surface area contributed by atoms with Gasteiger partial charge in [0.25, 0.3) is 0 Å². The summed E-state index contributed by atoms with van der Waals surface area (Å²) in [6, 6.07) is 8.01. The van der Waals surface area contributed by atoms with Gasteiger partial charge in [0, 0.05) is 18.5 Å². The number of nitrogens with one attached hydrogen (secondary N) is 1. The molecule has 3 rings (SSSR count). The average molecular weight is 246 g/mol. The van der Waals surface area contributed by atoms with Crippen molar-refractivity contribution in [1.82, 2.24) is 5.32 Å². The Bertz CT molecular complexity index is 467. The van der Waals surface area contributed by atoms with Crippen LogP contribution in [0.5, 0.6) is 0 Å². The third-order valence-electron chi connectivity index (χ3n) is 3.80. The Kier molecular flexibility index (Phi) is 2.74. The molecule has 0 radical (unpaired) electrons. The van der Waals surface area contributed by atoms with Crippen molar-refractivity contribution >= 4 is 11.8 Å². The lowest BCUT2D eigenvalue weighted by Gasteiger charge is -2.31. The topological polar surface area (TPSA) is 41.6 Å². The fourth-order valence-electron chi connectivity index (χ4n) is 2.76. The maximum Gasteiger partial charge on any atom is 0.415 e. The molecule has 2 fully saturated rings. The normalized spacial score (nSPS) is 22.3. The van der Waals surface area contributed by atoms with Gasteiger partial charge in [-0.3, -0.25) is 4.90 Å². The van der Waals surface area contributed by atoms with E-state index in [-0.39, 0.29) is 11.7 Å². The molecule has 2 saturated heterocycles. The van der Waals surface area contributed by atoms with E-state index in [9.17, 15) is 4.79 Å². The Morgan fingerprint density at radius 3 is 2.83 bits per heavy atom. The van der Waals surface area contributed by atoms with Crippen molar-refractivity contribution < 1.29 is 9.53 Å². The molecule has 1 spiro atoms. The molecule has 0 bridgehead atoms. The molecule has 0 atom stereocenters. The van der Waals surface area contributed by atoms with E-state index in [0.29, 0.717) is 6.54 Å². The number of carbonyl (C=O) groups is 1. The van der Waals surface area contributed by atoms with Crippen molar-refractivity contribution in [2.75, 3.05) is 24.5 Å². The molecule has 1 N–H and O–H groups in total.